The van der Waals surface area contributed by atoms with Crippen LogP contribution in [-0.2, 0) is 22.1 Å². The summed E-state index contributed by atoms with van der Waals surface area (Å²) in [5.41, 5.74) is 1.34. The quantitative estimate of drug-likeness (QED) is 0.399. The zero-order chi connectivity index (χ0) is 22.3. The van der Waals surface area contributed by atoms with Gasteiger partial charge in [-0.2, -0.15) is 13.2 Å². The number of hydrogen-bond acceptors (Lipinski definition) is 4. The Morgan fingerprint density at radius 2 is 1.90 bits per heavy atom. The van der Waals surface area contributed by atoms with E-state index in [-0.39, 0.29) is 16.5 Å². The minimum Gasteiger partial charge on any atom is -0.493 e. The molecule has 0 radical (unpaired) electrons. The van der Waals surface area contributed by atoms with Crippen LogP contribution >= 0.6 is 15.9 Å². The van der Waals surface area contributed by atoms with Crippen molar-refractivity contribution in [2.75, 3.05) is 13.7 Å². The van der Waals surface area contributed by atoms with Crippen LogP contribution in [0.2, 0.25) is 0 Å². The van der Waals surface area contributed by atoms with Gasteiger partial charge in [-0.05, 0) is 77.7 Å². The topological polar surface area (TPSA) is 44.8 Å². The van der Waals surface area contributed by atoms with Gasteiger partial charge < -0.3 is 14.2 Å². The summed E-state index contributed by atoms with van der Waals surface area (Å²) in [6.45, 7) is 4.17. The summed E-state index contributed by atoms with van der Waals surface area (Å²) in [4.78, 5) is 11.3. The van der Waals surface area contributed by atoms with Gasteiger partial charge in [-0.15, -0.1) is 0 Å². The molecule has 0 aliphatic rings. The molecule has 0 fully saturated rings. The Morgan fingerprint density at radius 1 is 1.17 bits per heavy atom. The molecule has 0 saturated heterocycles. The van der Waals surface area contributed by atoms with Crippen molar-refractivity contribution < 1.29 is 32.2 Å². The third-order valence-electron chi connectivity index (χ3n) is 4.52. The minimum atomic E-state index is -4.40. The highest BCUT2D eigenvalue weighted by Gasteiger charge is 2.31. The zero-order valence-corrected chi connectivity index (χ0v) is 18.6. The lowest BCUT2D eigenvalue weighted by Crippen LogP contribution is -2.16. The van der Waals surface area contributed by atoms with Gasteiger partial charge in [0.15, 0.2) is 0 Å². The second-order valence-electron chi connectivity index (χ2n) is 6.87. The zero-order valence-electron chi connectivity index (χ0n) is 17.0. The van der Waals surface area contributed by atoms with E-state index in [2.05, 4.69) is 20.7 Å². The van der Waals surface area contributed by atoms with E-state index < -0.39 is 11.7 Å². The normalized spacial score (nSPS) is 12.4. The van der Waals surface area contributed by atoms with E-state index in [0.717, 1.165) is 23.3 Å². The van der Waals surface area contributed by atoms with Crippen LogP contribution in [0.15, 0.2) is 40.9 Å². The summed E-state index contributed by atoms with van der Waals surface area (Å²) in [6, 6.07) is 8.98. The van der Waals surface area contributed by atoms with Crippen LogP contribution in [0.1, 0.15) is 36.5 Å². The number of benzene rings is 2. The average Bonchev–Trinajstić information content (AvgIpc) is 2.67. The van der Waals surface area contributed by atoms with Crippen LogP contribution in [-0.4, -0.2) is 25.8 Å². The van der Waals surface area contributed by atoms with Crippen LogP contribution in [0.3, 0.4) is 0 Å². The Labute approximate surface area is 182 Å². The van der Waals surface area contributed by atoms with Crippen LogP contribution in [0.5, 0.6) is 11.5 Å². The number of alkyl halides is 3. The van der Waals surface area contributed by atoms with Crippen molar-refractivity contribution in [3.8, 4) is 11.5 Å². The Kier molecular flexibility index (Phi) is 8.58. The van der Waals surface area contributed by atoms with Crippen molar-refractivity contribution in [1.29, 1.82) is 0 Å². The molecule has 4 nitrogen and oxygen atoms in total. The molecule has 0 unspecified atom stereocenters. The lowest BCUT2D eigenvalue weighted by Gasteiger charge is -2.17. The van der Waals surface area contributed by atoms with Gasteiger partial charge in [-0.1, -0.05) is 6.07 Å². The molecule has 0 amide bonds. The summed E-state index contributed by atoms with van der Waals surface area (Å²) >= 11 is 3.13. The van der Waals surface area contributed by atoms with Crippen LogP contribution in [0.4, 0.5) is 13.2 Å². The largest absolute Gasteiger partial charge is 0.493 e. The summed E-state index contributed by atoms with van der Waals surface area (Å²) in [6.07, 6.45) is -3.17. The maximum Gasteiger partial charge on any atom is 0.416 e. The van der Waals surface area contributed by atoms with E-state index >= 15 is 0 Å². The summed E-state index contributed by atoms with van der Waals surface area (Å²) in [5.74, 6) is 0.807. The van der Waals surface area contributed by atoms with Crippen molar-refractivity contribution >= 4 is 21.9 Å². The van der Waals surface area contributed by atoms with Gasteiger partial charge in [0, 0.05) is 12.8 Å². The van der Waals surface area contributed by atoms with Gasteiger partial charge in [-0.25, -0.2) is 0 Å². The molecule has 164 valence electrons. The Morgan fingerprint density at radius 3 is 2.50 bits per heavy atom. The number of esters is 1. The van der Waals surface area contributed by atoms with Crippen LogP contribution in [0, 0.1) is 6.92 Å². The minimum absolute atomic E-state index is 0.247. The summed E-state index contributed by atoms with van der Waals surface area (Å²) < 4.78 is 54.6. The third kappa shape index (κ3) is 7.23. The van der Waals surface area contributed by atoms with Crippen molar-refractivity contribution in [2.24, 2.45) is 0 Å². The summed E-state index contributed by atoms with van der Waals surface area (Å²) in [5, 5.41) is 0. The van der Waals surface area contributed by atoms with Crippen molar-refractivity contribution in [1.82, 2.24) is 0 Å². The molecule has 0 aliphatic heterocycles. The van der Waals surface area contributed by atoms with Gasteiger partial charge in [0.2, 0.25) is 0 Å². The molecule has 0 bridgehead atoms. The number of rotatable bonds is 9. The average molecular weight is 489 g/mol. The Bertz CT molecular complexity index is 868. The van der Waals surface area contributed by atoms with Gasteiger partial charge >= 0.3 is 12.1 Å². The number of carbonyl (C=O) groups excluding carboxylic acids is 1. The van der Waals surface area contributed by atoms with E-state index in [9.17, 15) is 18.0 Å². The van der Waals surface area contributed by atoms with Crippen molar-refractivity contribution in [3.05, 3.63) is 57.6 Å². The molecule has 2 rings (SSSR count). The third-order valence-corrected chi connectivity index (χ3v) is 5.14. The van der Waals surface area contributed by atoms with Crippen molar-refractivity contribution in [2.45, 2.75) is 45.4 Å². The molecule has 30 heavy (non-hydrogen) atoms. The highest BCUT2D eigenvalue weighted by Crippen LogP contribution is 2.35. The first-order valence-electron chi connectivity index (χ1n) is 9.42. The standard InChI is InChI=1S/C22H24BrF3O4/c1-14-12-18(7-4-16(14)5-9-21(27)28-3)29-11-10-15(2)30-20-8-6-17(13-19(20)23)22(24,25)26/h4,6-8,12-13,15H,5,9-11H2,1-3H3/t15-/m1/s1. The molecule has 1 atom stereocenters. The predicted molar refractivity (Wildman–Crippen MR) is 111 cm³/mol. The highest BCUT2D eigenvalue weighted by molar-refractivity contribution is 9.10. The van der Waals surface area contributed by atoms with Gasteiger partial charge in [0.05, 0.1) is 29.9 Å². The fourth-order valence-corrected chi connectivity index (χ4v) is 3.24. The van der Waals surface area contributed by atoms with E-state index in [1.165, 1.54) is 13.2 Å². The maximum atomic E-state index is 12.7. The SMILES string of the molecule is COC(=O)CCc1ccc(OCC[C@@H](C)Oc2ccc(C(F)(F)F)cc2Br)cc1C. The molecule has 0 aliphatic carbocycles. The number of halogens is 4. The first kappa shape index (κ1) is 24.1. The fraction of sp³-hybridized carbons (Fsp3) is 0.409. The number of ether oxygens (including phenoxy) is 3. The van der Waals surface area contributed by atoms with E-state index in [0.29, 0.717) is 37.4 Å². The molecule has 2 aromatic rings. The van der Waals surface area contributed by atoms with Crippen LogP contribution < -0.4 is 9.47 Å². The van der Waals surface area contributed by atoms with Crippen LogP contribution in [0.25, 0.3) is 0 Å². The molecule has 0 spiro atoms. The lowest BCUT2D eigenvalue weighted by atomic mass is 10.0. The highest BCUT2D eigenvalue weighted by atomic mass is 79.9. The number of methoxy groups -OCH3 is 1. The summed E-state index contributed by atoms with van der Waals surface area (Å²) in [7, 11) is 1.37. The molecular formula is C22H24BrF3O4. The fourth-order valence-electron chi connectivity index (χ4n) is 2.77. The Hall–Kier alpha value is -2.22. The van der Waals surface area contributed by atoms with Gasteiger partial charge in [0.1, 0.15) is 11.5 Å². The lowest BCUT2D eigenvalue weighted by molar-refractivity contribution is -0.140. The van der Waals surface area contributed by atoms with E-state index in [1.807, 2.05) is 32.0 Å². The molecule has 0 heterocycles. The second kappa shape index (κ2) is 10.7. The number of hydrogen-bond donors (Lipinski definition) is 0. The smallest absolute Gasteiger partial charge is 0.416 e. The van der Waals surface area contributed by atoms with E-state index in [1.54, 1.807) is 0 Å². The number of aryl methyl sites for hydroxylation is 2. The molecule has 0 N–H and O–H groups in total. The first-order chi connectivity index (χ1) is 14.1. The van der Waals surface area contributed by atoms with Gasteiger partial charge in [0.25, 0.3) is 0 Å². The maximum absolute atomic E-state index is 12.7. The first-order valence-corrected chi connectivity index (χ1v) is 10.2. The van der Waals surface area contributed by atoms with E-state index in [4.69, 9.17) is 9.47 Å². The molecule has 8 heteroatoms. The second-order valence-corrected chi connectivity index (χ2v) is 7.73. The molecule has 0 aromatic heterocycles. The van der Waals surface area contributed by atoms with Gasteiger partial charge in [-0.3, -0.25) is 4.79 Å². The predicted octanol–water partition coefficient (Wildman–Crippen LogP) is 6.12. The molecular weight excluding hydrogens is 465 g/mol. The van der Waals surface area contributed by atoms with Crippen molar-refractivity contribution in [3.63, 3.8) is 0 Å². The Balaban J connectivity index is 1.84. The number of carbonyl (C=O) groups is 1. The molecule has 0 saturated carbocycles. The monoisotopic (exact) mass is 488 g/mol. The molecule has 2 aromatic carbocycles.